The van der Waals surface area contributed by atoms with Crippen LogP contribution in [0, 0.1) is 5.82 Å². The van der Waals surface area contributed by atoms with E-state index >= 15 is 0 Å². The van der Waals surface area contributed by atoms with Crippen molar-refractivity contribution in [2.45, 2.75) is 0 Å². The van der Waals surface area contributed by atoms with E-state index in [0.29, 0.717) is 16.5 Å². The first-order chi connectivity index (χ1) is 12.5. The van der Waals surface area contributed by atoms with Crippen LogP contribution in [0.25, 0.3) is 6.08 Å². The van der Waals surface area contributed by atoms with Gasteiger partial charge in [-0.1, -0.05) is 29.8 Å². The molecular weight excluding hydrogens is 379 g/mol. The van der Waals surface area contributed by atoms with Crippen LogP contribution < -0.4 is 10.1 Å². The standard InChI is InChI=1S/C18H14ClFN2O3S/c1-25-15-7-6-12(9-13(15)19)21-10-22-17(23)16(26-18(22)24)8-11-4-2-3-5-14(11)20/h2-9,21H,10H2,1H3/b16-8-. The number of nitrogens with zero attached hydrogens (tertiary/aromatic N) is 1. The van der Waals surface area contributed by atoms with E-state index in [0.717, 1.165) is 16.7 Å². The zero-order valence-corrected chi connectivity index (χ0v) is 15.2. The molecule has 0 radical (unpaired) electrons. The van der Waals surface area contributed by atoms with Crippen molar-refractivity contribution in [1.82, 2.24) is 4.90 Å². The molecule has 0 saturated carbocycles. The number of amides is 2. The van der Waals surface area contributed by atoms with Crippen LogP contribution in [0.3, 0.4) is 0 Å². The zero-order chi connectivity index (χ0) is 18.7. The number of ether oxygens (including phenoxy) is 1. The summed E-state index contributed by atoms with van der Waals surface area (Å²) in [5.74, 6) is -0.406. The molecule has 0 aliphatic carbocycles. The van der Waals surface area contributed by atoms with Crippen LogP contribution in [-0.2, 0) is 4.79 Å². The molecule has 8 heteroatoms. The lowest BCUT2D eigenvalue weighted by molar-refractivity contribution is -0.122. The van der Waals surface area contributed by atoms with E-state index in [-0.39, 0.29) is 17.1 Å². The Hall–Kier alpha value is -2.51. The minimum atomic E-state index is -0.477. The molecular formula is C18H14ClFN2O3S. The molecule has 5 nitrogen and oxygen atoms in total. The normalized spacial score (nSPS) is 15.7. The topological polar surface area (TPSA) is 58.6 Å². The average molecular weight is 393 g/mol. The summed E-state index contributed by atoms with van der Waals surface area (Å²) in [6, 6.07) is 11.1. The van der Waals surface area contributed by atoms with E-state index in [1.807, 2.05) is 0 Å². The molecule has 2 aromatic rings. The van der Waals surface area contributed by atoms with E-state index in [4.69, 9.17) is 16.3 Å². The number of hydrogen-bond donors (Lipinski definition) is 1. The van der Waals surface area contributed by atoms with Gasteiger partial charge >= 0.3 is 0 Å². The molecule has 3 rings (SSSR count). The molecule has 1 N–H and O–H groups in total. The van der Waals surface area contributed by atoms with E-state index in [9.17, 15) is 14.0 Å². The first kappa shape index (κ1) is 18.3. The summed E-state index contributed by atoms with van der Waals surface area (Å²) in [5, 5.41) is 2.95. The Kier molecular flexibility index (Phi) is 5.49. The molecule has 0 unspecified atom stereocenters. The van der Waals surface area contributed by atoms with Crippen LogP contribution in [0.1, 0.15) is 5.56 Å². The highest BCUT2D eigenvalue weighted by molar-refractivity contribution is 8.18. The van der Waals surface area contributed by atoms with Gasteiger partial charge in [0.25, 0.3) is 11.1 Å². The van der Waals surface area contributed by atoms with E-state index in [2.05, 4.69) is 5.32 Å². The number of halogens is 2. The number of benzene rings is 2. The molecule has 1 saturated heterocycles. The summed E-state index contributed by atoms with van der Waals surface area (Å²) in [7, 11) is 1.51. The Labute approximate surface area is 158 Å². The van der Waals surface area contributed by atoms with E-state index < -0.39 is 17.0 Å². The number of thioether (sulfide) groups is 1. The van der Waals surface area contributed by atoms with Gasteiger partial charge in [0, 0.05) is 11.3 Å². The second-order valence-electron chi connectivity index (χ2n) is 5.32. The molecule has 0 spiro atoms. The molecule has 134 valence electrons. The van der Waals surface area contributed by atoms with Gasteiger partial charge in [0.15, 0.2) is 0 Å². The van der Waals surface area contributed by atoms with Crippen molar-refractivity contribution in [3.05, 3.63) is 63.8 Å². The molecule has 1 fully saturated rings. The van der Waals surface area contributed by atoms with Crippen LogP contribution in [0.4, 0.5) is 14.9 Å². The molecule has 2 amide bonds. The smallest absolute Gasteiger partial charge is 0.295 e. The summed E-state index contributed by atoms with van der Waals surface area (Å²) in [6.45, 7) is -0.0259. The molecule has 2 aromatic carbocycles. The highest BCUT2D eigenvalue weighted by Gasteiger charge is 2.35. The second kappa shape index (κ2) is 7.80. The van der Waals surface area contributed by atoms with Gasteiger partial charge < -0.3 is 10.1 Å². The maximum absolute atomic E-state index is 13.7. The predicted molar refractivity (Wildman–Crippen MR) is 101 cm³/mol. The number of nitrogens with one attached hydrogen (secondary N) is 1. The summed E-state index contributed by atoms with van der Waals surface area (Å²) in [4.78, 5) is 25.8. The Bertz CT molecular complexity index is 904. The highest BCUT2D eigenvalue weighted by atomic mass is 35.5. The molecule has 0 bridgehead atoms. The van der Waals surface area contributed by atoms with Crippen LogP contribution in [0.2, 0.25) is 5.02 Å². The maximum Gasteiger partial charge on any atom is 0.295 e. The van der Waals surface area contributed by atoms with Crippen LogP contribution in [0.5, 0.6) is 5.75 Å². The minimum absolute atomic E-state index is 0.0259. The van der Waals surface area contributed by atoms with Gasteiger partial charge in [-0.25, -0.2) is 4.39 Å². The summed E-state index contributed by atoms with van der Waals surface area (Å²) < 4.78 is 18.8. The highest BCUT2D eigenvalue weighted by Crippen LogP contribution is 2.33. The number of hydrogen-bond acceptors (Lipinski definition) is 5. The summed E-state index contributed by atoms with van der Waals surface area (Å²) in [6.07, 6.45) is 1.38. The lowest BCUT2D eigenvalue weighted by atomic mass is 10.2. The fourth-order valence-electron chi connectivity index (χ4n) is 2.32. The van der Waals surface area contributed by atoms with Crippen molar-refractivity contribution >= 4 is 46.3 Å². The monoisotopic (exact) mass is 392 g/mol. The lowest BCUT2D eigenvalue weighted by Crippen LogP contribution is -2.33. The Morgan fingerprint density at radius 1 is 1.27 bits per heavy atom. The third-order valence-electron chi connectivity index (χ3n) is 3.66. The van der Waals surface area contributed by atoms with Crippen molar-refractivity contribution < 1.29 is 18.7 Å². The first-order valence-corrected chi connectivity index (χ1v) is 8.76. The third-order valence-corrected chi connectivity index (χ3v) is 4.86. The Morgan fingerprint density at radius 2 is 2.04 bits per heavy atom. The Morgan fingerprint density at radius 3 is 2.73 bits per heavy atom. The fraction of sp³-hybridized carbons (Fsp3) is 0.111. The van der Waals surface area contributed by atoms with Gasteiger partial charge in [0.2, 0.25) is 0 Å². The van der Waals surface area contributed by atoms with Crippen molar-refractivity contribution in [3.63, 3.8) is 0 Å². The summed E-state index contributed by atoms with van der Waals surface area (Å²) in [5.41, 5.74) is 0.890. The van der Waals surface area contributed by atoms with E-state index in [1.54, 1.807) is 36.4 Å². The van der Waals surface area contributed by atoms with Gasteiger partial charge in [-0.2, -0.15) is 0 Å². The third kappa shape index (κ3) is 3.84. The summed E-state index contributed by atoms with van der Waals surface area (Å²) >= 11 is 6.82. The van der Waals surface area contributed by atoms with Gasteiger partial charge in [-0.15, -0.1) is 0 Å². The quantitative estimate of drug-likeness (QED) is 0.754. The van der Waals surface area contributed by atoms with Crippen molar-refractivity contribution in [2.75, 3.05) is 19.1 Å². The molecule has 0 aromatic heterocycles. The minimum Gasteiger partial charge on any atom is -0.495 e. The van der Waals surface area contributed by atoms with Crippen LogP contribution in [0.15, 0.2) is 47.4 Å². The second-order valence-corrected chi connectivity index (χ2v) is 6.72. The van der Waals surface area contributed by atoms with Gasteiger partial charge in [0.1, 0.15) is 11.6 Å². The zero-order valence-electron chi connectivity index (χ0n) is 13.7. The SMILES string of the molecule is COc1ccc(NCN2C(=O)S/C(=C\c3ccccc3F)C2=O)cc1Cl. The number of rotatable bonds is 5. The van der Waals surface area contributed by atoms with Crippen LogP contribution in [-0.4, -0.2) is 29.8 Å². The number of anilines is 1. The van der Waals surface area contributed by atoms with Gasteiger partial charge in [-0.05, 0) is 42.1 Å². The maximum atomic E-state index is 13.7. The molecule has 1 aliphatic rings. The average Bonchev–Trinajstić information content (AvgIpc) is 2.88. The van der Waals surface area contributed by atoms with Gasteiger partial charge in [-0.3, -0.25) is 14.5 Å². The number of methoxy groups -OCH3 is 1. The number of carbonyl (C=O) groups is 2. The van der Waals surface area contributed by atoms with Crippen LogP contribution >= 0.6 is 23.4 Å². The first-order valence-electron chi connectivity index (χ1n) is 7.57. The van der Waals surface area contributed by atoms with Crippen molar-refractivity contribution in [1.29, 1.82) is 0 Å². The molecule has 1 heterocycles. The number of imide groups is 1. The van der Waals surface area contributed by atoms with Crippen molar-refractivity contribution in [3.8, 4) is 5.75 Å². The van der Waals surface area contributed by atoms with Gasteiger partial charge in [0.05, 0.1) is 23.7 Å². The molecule has 0 atom stereocenters. The Balaban J connectivity index is 1.71. The predicted octanol–water partition coefficient (Wildman–Crippen LogP) is 4.59. The largest absolute Gasteiger partial charge is 0.495 e. The van der Waals surface area contributed by atoms with Crippen molar-refractivity contribution in [2.24, 2.45) is 0 Å². The molecule has 26 heavy (non-hydrogen) atoms. The fourth-order valence-corrected chi connectivity index (χ4v) is 3.40. The lowest BCUT2D eigenvalue weighted by Gasteiger charge is -2.15. The number of carbonyl (C=O) groups excluding carboxylic acids is 2. The van der Waals surface area contributed by atoms with E-state index in [1.165, 1.54) is 19.3 Å². The molecule has 1 aliphatic heterocycles.